The molecule has 0 radical (unpaired) electrons. The van der Waals surface area contributed by atoms with Crippen molar-refractivity contribution < 1.29 is 23.8 Å². The Morgan fingerprint density at radius 2 is 2.07 bits per heavy atom. The summed E-state index contributed by atoms with van der Waals surface area (Å²) in [5, 5.41) is 3.26. The second-order valence-electron chi connectivity index (χ2n) is 6.68. The van der Waals surface area contributed by atoms with Crippen molar-refractivity contribution in [1.82, 2.24) is 16.2 Å². The Hall–Kier alpha value is -2.59. The molecule has 1 fully saturated rings. The van der Waals surface area contributed by atoms with E-state index in [1.54, 1.807) is 30.2 Å². The third kappa shape index (κ3) is 4.82. The van der Waals surface area contributed by atoms with Gasteiger partial charge in [0.25, 0.3) is 0 Å². The summed E-state index contributed by atoms with van der Waals surface area (Å²) in [5.74, 6) is 0.368. The van der Waals surface area contributed by atoms with Crippen molar-refractivity contribution in [3.63, 3.8) is 0 Å². The fraction of sp³-hybridized carbons (Fsp3) is 0.500. The maximum Gasteiger partial charge on any atom is 0.243 e. The van der Waals surface area contributed by atoms with Gasteiger partial charge in [0.05, 0.1) is 12.5 Å². The zero-order valence-electron chi connectivity index (χ0n) is 15.8. The first-order valence-corrected chi connectivity index (χ1v) is 9.44. The van der Waals surface area contributed by atoms with E-state index in [9.17, 15) is 9.59 Å². The Kier molecular flexibility index (Phi) is 6.53. The van der Waals surface area contributed by atoms with Gasteiger partial charge in [-0.15, -0.1) is 0 Å². The van der Waals surface area contributed by atoms with E-state index in [0.717, 1.165) is 0 Å². The molecule has 2 aliphatic rings. The van der Waals surface area contributed by atoms with Crippen LogP contribution in [0.4, 0.5) is 5.69 Å². The number of fused-ring (bicyclic) bond motifs is 1. The van der Waals surface area contributed by atoms with Gasteiger partial charge in [0.1, 0.15) is 13.2 Å². The van der Waals surface area contributed by atoms with E-state index in [1.807, 2.05) is 6.92 Å². The lowest BCUT2D eigenvalue weighted by molar-refractivity contribution is -0.126. The van der Waals surface area contributed by atoms with E-state index >= 15 is 0 Å². The molecule has 2 amide bonds. The van der Waals surface area contributed by atoms with Crippen LogP contribution in [0.15, 0.2) is 18.2 Å². The van der Waals surface area contributed by atoms with Gasteiger partial charge in [-0.2, -0.15) is 0 Å². The van der Waals surface area contributed by atoms with Gasteiger partial charge in [0, 0.05) is 37.9 Å². The van der Waals surface area contributed by atoms with Gasteiger partial charge in [-0.25, -0.2) is 0 Å². The van der Waals surface area contributed by atoms with Gasteiger partial charge in [0.15, 0.2) is 16.6 Å². The number of hydrogen-bond acceptors (Lipinski definition) is 6. The Balaban J connectivity index is 1.54. The van der Waals surface area contributed by atoms with E-state index in [4.69, 9.17) is 26.4 Å². The maximum absolute atomic E-state index is 12.4. The number of hydrogen-bond donors (Lipinski definition) is 3. The monoisotopic (exact) mass is 408 g/mol. The molecule has 1 aromatic carbocycles. The van der Waals surface area contributed by atoms with Crippen molar-refractivity contribution in [2.75, 3.05) is 38.4 Å². The van der Waals surface area contributed by atoms with E-state index in [0.29, 0.717) is 37.0 Å². The maximum atomic E-state index is 12.4. The van der Waals surface area contributed by atoms with Crippen LogP contribution in [0.1, 0.15) is 13.3 Å². The molecule has 10 heteroatoms. The summed E-state index contributed by atoms with van der Waals surface area (Å²) in [7, 11) is 1.60. The van der Waals surface area contributed by atoms with Crippen molar-refractivity contribution in [1.29, 1.82) is 0 Å². The quantitative estimate of drug-likeness (QED) is 0.474. The van der Waals surface area contributed by atoms with E-state index < -0.39 is 5.92 Å². The number of anilines is 1. The van der Waals surface area contributed by atoms with Gasteiger partial charge in [-0.1, -0.05) is 0 Å². The molecule has 1 aromatic rings. The molecule has 2 aliphatic heterocycles. The minimum atomic E-state index is -0.479. The van der Waals surface area contributed by atoms with E-state index in [1.165, 1.54) is 0 Å². The van der Waals surface area contributed by atoms with Crippen LogP contribution in [-0.4, -0.2) is 56.4 Å². The van der Waals surface area contributed by atoms with Crippen LogP contribution in [-0.2, 0) is 14.3 Å². The predicted octanol–water partition coefficient (Wildman–Crippen LogP) is 0.341. The number of thiocarbonyl (C=S) groups is 1. The Labute approximate surface area is 168 Å². The molecule has 152 valence electrons. The highest BCUT2D eigenvalue weighted by Crippen LogP contribution is 2.35. The third-order valence-electron chi connectivity index (χ3n) is 4.43. The van der Waals surface area contributed by atoms with Crippen molar-refractivity contribution >= 4 is 34.8 Å². The molecule has 2 atom stereocenters. The predicted molar refractivity (Wildman–Crippen MR) is 106 cm³/mol. The highest BCUT2D eigenvalue weighted by molar-refractivity contribution is 7.80. The minimum Gasteiger partial charge on any atom is -0.486 e. The number of ether oxygens (including phenoxy) is 3. The summed E-state index contributed by atoms with van der Waals surface area (Å²) in [5.41, 5.74) is 5.90. The zero-order valence-corrected chi connectivity index (χ0v) is 16.6. The van der Waals surface area contributed by atoms with Crippen LogP contribution in [0.5, 0.6) is 11.5 Å². The average molecular weight is 408 g/mol. The van der Waals surface area contributed by atoms with Crippen molar-refractivity contribution in [3.05, 3.63) is 18.2 Å². The highest BCUT2D eigenvalue weighted by Gasteiger charge is 2.35. The number of nitrogens with one attached hydrogen (secondary N) is 3. The number of hydrazine groups is 1. The Bertz CT molecular complexity index is 759. The van der Waals surface area contributed by atoms with Gasteiger partial charge < -0.3 is 24.4 Å². The van der Waals surface area contributed by atoms with Crippen LogP contribution in [0.2, 0.25) is 0 Å². The van der Waals surface area contributed by atoms with Gasteiger partial charge in [-0.05, 0) is 31.3 Å². The molecule has 28 heavy (non-hydrogen) atoms. The normalized spacial score (nSPS) is 19.1. The number of amides is 2. The molecule has 3 rings (SSSR count). The number of carbonyl (C=O) groups is 2. The summed E-state index contributed by atoms with van der Waals surface area (Å²) in [6.45, 7) is 3.65. The highest BCUT2D eigenvalue weighted by atomic mass is 32.1. The molecule has 0 spiro atoms. The smallest absolute Gasteiger partial charge is 0.243 e. The van der Waals surface area contributed by atoms with Crippen LogP contribution in [0.3, 0.4) is 0 Å². The second-order valence-corrected chi connectivity index (χ2v) is 7.09. The fourth-order valence-corrected chi connectivity index (χ4v) is 3.36. The van der Waals surface area contributed by atoms with Crippen molar-refractivity contribution in [3.8, 4) is 11.5 Å². The molecule has 1 saturated heterocycles. The van der Waals surface area contributed by atoms with Gasteiger partial charge in [0.2, 0.25) is 11.8 Å². The largest absolute Gasteiger partial charge is 0.486 e. The van der Waals surface area contributed by atoms with Gasteiger partial charge >= 0.3 is 0 Å². The molecule has 2 heterocycles. The molecule has 0 bridgehead atoms. The summed E-state index contributed by atoms with van der Waals surface area (Å²) in [6, 6.07) is 5.33. The number of carbonyl (C=O) groups excluding carboxylic acids is 2. The molecular formula is C18H24N4O5S. The molecular weight excluding hydrogens is 384 g/mol. The molecule has 0 unspecified atom stereocenters. The molecule has 0 saturated carbocycles. The molecule has 3 N–H and O–H groups in total. The van der Waals surface area contributed by atoms with Crippen LogP contribution in [0, 0.1) is 5.92 Å². The number of nitrogens with zero attached hydrogens (tertiary/aromatic N) is 1. The van der Waals surface area contributed by atoms with Crippen LogP contribution < -0.4 is 30.5 Å². The lowest BCUT2D eigenvalue weighted by Crippen LogP contribution is -2.51. The first-order valence-electron chi connectivity index (χ1n) is 9.03. The Morgan fingerprint density at radius 3 is 2.82 bits per heavy atom. The Morgan fingerprint density at radius 1 is 1.32 bits per heavy atom. The summed E-state index contributed by atoms with van der Waals surface area (Å²) >= 11 is 5.12. The lowest BCUT2D eigenvalue weighted by Gasteiger charge is -2.22. The molecule has 9 nitrogen and oxygen atoms in total. The standard InChI is InChI=1S/C18H24N4O5S/c1-11(10-25-2)19-18(28)21-20-17(24)12-7-16(23)22(9-12)13-3-4-14-15(8-13)27-6-5-26-14/h3-4,8,11-12H,5-7,9-10H2,1-2H3,(H,20,24)(H2,19,21,28)/t11-,12+/m0/s1. The lowest BCUT2D eigenvalue weighted by atomic mass is 10.1. The van der Waals surface area contributed by atoms with Crippen molar-refractivity contribution in [2.45, 2.75) is 19.4 Å². The van der Waals surface area contributed by atoms with E-state index in [-0.39, 0.29) is 35.9 Å². The summed E-state index contributed by atoms with van der Waals surface area (Å²) < 4.78 is 16.1. The van der Waals surface area contributed by atoms with E-state index in [2.05, 4.69) is 16.2 Å². The zero-order chi connectivity index (χ0) is 20.1. The molecule has 0 aliphatic carbocycles. The number of rotatable bonds is 5. The minimum absolute atomic E-state index is 0.000611. The average Bonchev–Trinajstić information content (AvgIpc) is 3.07. The molecule has 0 aromatic heterocycles. The second kappa shape index (κ2) is 9.07. The third-order valence-corrected chi connectivity index (χ3v) is 4.65. The topological polar surface area (TPSA) is 101 Å². The summed E-state index contributed by atoms with van der Waals surface area (Å²) in [6.07, 6.45) is 0.127. The first kappa shape index (κ1) is 20.2. The van der Waals surface area contributed by atoms with Crippen LogP contribution >= 0.6 is 12.2 Å². The fourth-order valence-electron chi connectivity index (χ4n) is 3.10. The number of methoxy groups -OCH3 is 1. The van der Waals surface area contributed by atoms with Gasteiger partial charge in [-0.3, -0.25) is 20.4 Å². The number of benzene rings is 1. The SMILES string of the molecule is COC[C@H](C)NC(=S)NNC(=O)[C@@H]1CC(=O)N(c2ccc3c(c2)OCCO3)C1. The van der Waals surface area contributed by atoms with Crippen LogP contribution in [0.25, 0.3) is 0 Å². The van der Waals surface area contributed by atoms with Crippen molar-refractivity contribution in [2.24, 2.45) is 5.92 Å². The first-order chi connectivity index (χ1) is 13.5. The summed E-state index contributed by atoms with van der Waals surface area (Å²) in [4.78, 5) is 26.4.